The first kappa shape index (κ1) is 20.5. The summed E-state index contributed by atoms with van der Waals surface area (Å²) >= 11 is 5.53. The summed E-state index contributed by atoms with van der Waals surface area (Å²) in [7, 11) is 4.31. The molecule has 0 aliphatic rings. The van der Waals surface area contributed by atoms with Crippen LogP contribution in [-0.4, -0.2) is 25.5 Å². The van der Waals surface area contributed by atoms with Crippen LogP contribution in [0.3, 0.4) is 0 Å². The third kappa shape index (κ3) is 15.7. The molecule has 0 aromatic heterocycles. The minimum Gasteiger partial charge on any atom is -0.309 e. The van der Waals surface area contributed by atoms with Crippen LogP contribution in [0.25, 0.3) is 0 Å². The highest BCUT2D eigenvalue weighted by Crippen LogP contribution is 2.08. The van der Waals surface area contributed by atoms with Gasteiger partial charge in [-0.2, -0.15) is 0 Å². The molecule has 21 heavy (non-hydrogen) atoms. The highest BCUT2D eigenvalue weighted by atomic mass is 35.5. The Morgan fingerprint density at radius 2 is 1.33 bits per heavy atom. The summed E-state index contributed by atoms with van der Waals surface area (Å²) in [4.78, 5) is 2.27. The zero-order valence-electron chi connectivity index (χ0n) is 14.3. The smallest absolute Gasteiger partial charge is 0.0474 e. The maximum atomic E-state index is 5.53. The zero-order chi connectivity index (χ0) is 15.8. The van der Waals surface area contributed by atoms with Crippen molar-refractivity contribution in [1.29, 1.82) is 0 Å². The Labute approximate surface area is 137 Å². The van der Waals surface area contributed by atoms with Gasteiger partial charge in [-0.05, 0) is 32.6 Å². The van der Waals surface area contributed by atoms with Crippen LogP contribution < -0.4 is 0 Å². The number of unbranched alkanes of at least 4 members (excludes halogenated alkanes) is 7. The molecule has 0 unspecified atom stereocenters. The molecule has 0 heterocycles. The van der Waals surface area contributed by atoms with E-state index in [1.807, 2.05) is 30.3 Å². The van der Waals surface area contributed by atoms with E-state index in [-0.39, 0.29) is 0 Å². The molecule has 1 rings (SSSR count). The molecule has 0 N–H and O–H groups in total. The van der Waals surface area contributed by atoms with E-state index in [0.717, 1.165) is 0 Å². The molecule has 1 aromatic carbocycles. The van der Waals surface area contributed by atoms with Crippen molar-refractivity contribution in [2.75, 3.05) is 20.6 Å². The van der Waals surface area contributed by atoms with Gasteiger partial charge >= 0.3 is 0 Å². The predicted octanol–water partition coefficient (Wildman–Crippen LogP) is 6.11. The fourth-order valence-corrected chi connectivity index (χ4v) is 2.31. The number of hydrogen-bond donors (Lipinski definition) is 0. The molecular formula is C19H34ClN. The summed E-state index contributed by atoms with van der Waals surface area (Å²) in [6.45, 7) is 3.53. The van der Waals surface area contributed by atoms with E-state index in [1.165, 1.54) is 63.5 Å². The molecule has 0 radical (unpaired) electrons. The lowest BCUT2D eigenvalue weighted by molar-refractivity contribution is 0.389. The van der Waals surface area contributed by atoms with Crippen molar-refractivity contribution >= 4 is 11.6 Å². The second-order valence-electron chi connectivity index (χ2n) is 5.90. The van der Waals surface area contributed by atoms with E-state index in [4.69, 9.17) is 11.6 Å². The fourth-order valence-electron chi connectivity index (χ4n) is 2.13. The Morgan fingerprint density at radius 3 is 1.76 bits per heavy atom. The summed E-state index contributed by atoms with van der Waals surface area (Å²) in [6.07, 6.45) is 11.4. The van der Waals surface area contributed by atoms with Crippen molar-refractivity contribution in [2.45, 2.75) is 64.2 Å². The molecule has 0 aliphatic carbocycles. The Morgan fingerprint density at radius 1 is 0.810 bits per heavy atom. The van der Waals surface area contributed by atoms with Crippen LogP contribution in [-0.2, 0) is 5.88 Å². The zero-order valence-corrected chi connectivity index (χ0v) is 15.0. The first-order chi connectivity index (χ1) is 10.2. The largest absolute Gasteiger partial charge is 0.309 e. The van der Waals surface area contributed by atoms with Crippen LogP contribution in [0.5, 0.6) is 0 Å². The van der Waals surface area contributed by atoms with Gasteiger partial charge in [-0.3, -0.25) is 0 Å². The first-order valence-electron chi connectivity index (χ1n) is 8.45. The molecule has 122 valence electrons. The minimum absolute atomic E-state index is 0.612. The van der Waals surface area contributed by atoms with Crippen molar-refractivity contribution in [3.05, 3.63) is 35.9 Å². The van der Waals surface area contributed by atoms with E-state index in [0.29, 0.717) is 5.88 Å². The SMILES string of the molecule is CCCCCCCCCCN(C)C.ClCc1ccccc1. The van der Waals surface area contributed by atoms with E-state index >= 15 is 0 Å². The van der Waals surface area contributed by atoms with Crippen molar-refractivity contribution in [2.24, 2.45) is 0 Å². The fraction of sp³-hybridized carbons (Fsp3) is 0.684. The molecular weight excluding hydrogens is 278 g/mol. The van der Waals surface area contributed by atoms with Gasteiger partial charge in [0.25, 0.3) is 0 Å². The van der Waals surface area contributed by atoms with Crippen molar-refractivity contribution in [3.63, 3.8) is 0 Å². The van der Waals surface area contributed by atoms with E-state index in [1.54, 1.807) is 0 Å². The molecule has 2 heteroatoms. The predicted molar refractivity (Wildman–Crippen MR) is 97.2 cm³/mol. The van der Waals surface area contributed by atoms with Gasteiger partial charge in [0.15, 0.2) is 0 Å². The van der Waals surface area contributed by atoms with Crippen LogP contribution in [0.1, 0.15) is 63.9 Å². The molecule has 0 bridgehead atoms. The molecule has 0 saturated heterocycles. The highest BCUT2D eigenvalue weighted by Gasteiger charge is 1.92. The summed E-state index contributed by atoms with van der Waals surface area (Å²) in [5, 5.41) is 0. The standard InChI is InChI=1S/C12H27N.C7H7Cl/c1-4-5-6-7-8-9-10-11-12-13(2)3;8-6-7-4-2-1-3-5-7/h4-12H2,1-3H3;1-5H,6H2. The molecule has 0 saturated carbocycles. The van der Waals surface area contributed by atoms with E-state index < -0.39 is 0 Å². The summed E-state index contributed by atoms with van der Waals surface area (Å²) in [5.74, 6) is 0.612. The molecule has 1 nitrogen and oxygen atoms in total. The first-order valence-corrected chi connectivity index (χ1v) is 8.98. The average molecular weight is 312 g/mol. The Bertz CT molecular complexity index is 298. The van der Waals surface area contributed by atoms with Crippen molar-refractivity contribution < 1.29 is 0 Å². The van der Waals surface area contributed by atoms with Crippen LogP contribution >= 0.6 is 11.6 Å². The minimum atomic E-state index is 0.612. The third-order valence-electron chi connectivity index (χ3n) is 3.46. The second kappa shape index (κ2) is 15.9. The maximum Gasteiger partial charge on any atom is 0.0474 e. The summed E-state index contributed by atoms with van der Waals surface area (Å²) < 4.78 is 0. The lowest BCUT2D eigenvalue weighted by atomic mass is 10.1. The van der Waals surface area contributed by atoms with Crippen LogP contribution in [0, 0.1) is 0 Å². The molecule has 0 spiro atoms. The van der Waals surface area contributed by atoms with Gasteiger partial charge in [0.2, 0.25) is 0 Å². The molecule has 1 aromatic rings. The highest BCUT2D eigenvalue weighted by molar-refractivity contribution is 6.17. The lowest BCUT2D eigenvalue weighted by Crippen LogP contribution is -2.12. The van der Waals surface area contributed by atoms with Crippen molar-refractivity contribution in [1.82, 2.24) is 4.90 Å². The molecule has 0 aliphatic heterocycles. The van der Waals surface area contributed by atoms with Gasteiger partial charge in [-0.1, -0.05) is 82.2 Å². The third-order valence-corrected chi connectivity index (χ3v) is 3.76. The number of rotatable bonds is 10. The van der Waals surface area contributed by atoms with Crippen LogP contribution in [0.4, 0.5) is 0 Å². The monoisotopic (exact) mass is 311 g/mol. The summed E-state index contributed by atoms with van der Waals surface area (Å²) in [6, 6.07) is 9.96. The lowest BCUT2D eigenvalue weighted by Gasteiger charge is -2.08. The Balaban J connectivity index is 0.000000423. The van der Waals surface area contributed by atoms with Gasteiger partial charge in [-0.25, -0.2) is 0 Å². The number of halogens is 1. The van der Waals surface area contributed by atoms with Gasteiger partial charge in [-0.15, -0.1) is 11.6 Å². The van der Waals surface area contributed by atoms with Gasteiger partial charge < -0.3 is 4.90 Å². The van der Waals surface area contributed by atoms with Crippen LogP contribution in [0.15, 0.2) is 30.3 Å². The number of hydrogen-bond acceptors (Lipinski definition) is 1. The second-order valence-corrected chi connectivity index (χ2v) is 6.16. The van der Waals surface area contributed by atoms with Crippen molar-refractivity contribution in [3.8, 4) is 0 Å². The molecule has 0 fully saturated rings. The Hall–Kier alpha value is -0.530. The average Bonchev–Trinajstić information content (AvgIpc) is 2.51. The maximum absolute atomic E-state index is 5.53. The van der Waals surface area contributed by atoms with E-state index in [2.05, 4.69) is 25.9 Å². The van der Waals surface area contributed by atoms with Gasteiger partial charge in [0.1, 0.15) is 0 Å². The quantitative estimate of drug-likeness (QED) is 0.372. The van der Waals surface area contributed by atoms with E-state index in [9.17, 15) is 0 Å². The normalized spacial score (nSPS) is 10.3. The summed E-state index contributed by atoms with van der Waals surface area (Å²) in [5.41, 5.74) is 1.18. The van der Waals surface area contributed by atoms with Gasteiger partial charge in [0.05, 0.1) is 0 Å². The number of benzene rings is 1. The molecule has 0 atom stereocenters. The van der Waals surface area contributed by atoms with Crippen LogP contribution in [0.2, 0.25) is 0 Å². The topological polar surface area (TPSA) is 3.24 Å². The number of alkyl halides is 1. The number of nitrogens with zero attached hydrogens (tertiary/aromatic N) is 1. The molecule has 0 amide bonds. The van der Waals surface area contributed by atoms with Gasteiger partial charge in [0, 0.05) is 5.88 Å². The Kier molecular flexibility index (Phi) is 15.5.